The molecule has 1 aromatic heterocycles. The number of H-pyrrole nitrogens is 1. The molecule has 6 nitrogen and oxygen atoms in total. The Hall–Kier alpha value is -3.22. The van der Waals surface area contributed by atoms with Crippen molar-refractivity contribution >= 4 is 57.3 Å². The molecule has 3 aromatic carbocycles. The Kier molecular flexibility index (Phi) is 4.81. The number of anilines is 3. The summed E-state index contributed by atoms with van der Waals surface area (Å²) in [6.45, 7) is 0. The van der Waals surface area contributed by atoms with E-state index in [9.17, 15) is 4.79 Å². The molecule has 0 radical (unpaired) electrons. The van der Waals surface area contributed by atoms with Crippen molar-refractivity contribution in [1.29, 1.82) is 0 Å². The van der Waals surface area contributed by atoms with E-state index in [1.165, 1.54) is 0 Å². The van der Waals surface area contributed by atoms with Gasteiger partial charge < -0.3 is 16.4 Å². The number of rotatable bonds is 3. The molecule has 5 N–H and O–H groups in total. The van der Waals surface area contributed by atoms with Crippen LogP contribution >= 0.6 is 23.2 Å². The molecule has 0 aliphatic rings. The molecule has 0 spiro atoms. The first-order valence-corrected chi connectivity index (χ1v) is 9.13. The normalized spacial score (nSPS) is 10.8. The van der Waals surface area contributed by atoms with Crippen LogP contribution in [0.5, 0.6) is 0 Å². The molecule has 4 rings (SSSR count). The van der Waals surface area contributed by atoms with Crippen LogP contribution in [0.15, 0.2) is 60.7 Å². The highest BCUT2D eigenvalue weighted by molar-refractivity contribution is 6.39. The van der Waals surface area contributed by atoms with Crippen molar-refractivity contribution in [2.24, 2.45) is 0 Å². The lowest BCUT2D eigenvalue weighted by Gasteiger charge is -2.11. The maximum absolute atomic E-state index is 12.3. The second kappa shape index (κ2) is 7.42. The highest BCUT2D eigenvalue weighted by Gasteiger charge is 2.11. The molecule has 0 fully saturated rings. The van der Waals surface area contributed by atoms with Crippen LogP contribution in [0.25, 0.3) is 22.0 Å². The van der Waals surface area contributed by atoms with Crippen LogP contribution in [0.3, 0.4) is 0 Å². The summed E-state index contributed by atoms with van der Waals surface area (Å²) in [5.74, 6) is 0.448. The van der Waals surface area contributed by atoms with Gasteiger partial charge in [0, 0.05) is 5.69 Å². The average molecular weight is 412 g/mol. The third-order valence-electron chi connectivity index (χ3n) is 4.27. The van der Waals surface area contributed by atoms with E-state index >= 15 is 0 Å². The lowest BCUT2D eigenvalue weighted by atomic mass is 10.0. The number of nitrogen functional groups attached to an aromatic ring is 1. The standard InChI is InChI=1S/C20H15Cl2N5O/c21-14-4-2-5-15(22)18(14)25-20(28)24-12-9-7-11(8-10-12)13-3-1-6-16-17(13)19(23)27-26-16/h1-10H,(H3,23,26,27)(H2,24,25,28). The van der Waals surface area contributed by atoms with Gasteiger partial charge >= 0.3 is 6.03 Å². The van der Waals surface area contributed by atoms with Gasteiger partial charge in [-0.15, -0.1) is 0 Å². The van der Waals surface area contributed by atoms with Crippen LogP contribution < -0.4 is 16.4 Å². The fourth-order valence-electron chi connectivity index (χ4n) is 2.96. The summed E-state index contributed by atoms with van der Waals surface area (Å²) in [6, 6.07) is 17.8. The van der Waals surface area contributed by atoms with E-state index in [1.807, 2.05) is 30.3 Å². The molecule has 140 valence electrons. The van der Waals surface area contributed by atoms with E-state index in [-0.39, 0.29) is 0 Å². The minimum atomic E-state index is -0.441. The SMILES string of the molecule is Nc1n[nH]c2cccc(-c3ccc(NC(=O)Nc4c(Cl)cccc4Cl)cc3)c12. The number of halogens is 2. The number of hydrogen-bond donors (Lipinski definition) is 4. The smallest absolute Gasteiger partial charge is 0.323 e. The van der Waals surface area contributed by atoms with Crippen LogP contribution in [0.2, 0.25) is 10.0 Å². The van der Waals surface area contributed by atoms with E-state index in [2.05, 4.69) is 20.8 Å². The molecular weight excluding hydrogens is 397 g/mol. The molecule has 0 unspecified atom stereocenters. The first-order chi connectivity index (χ1) is 13.5. The zero-order chi connectivity index (χ0) is 19.7. The van der Waals surface area contributed by atoms with Crippen LogP contribution in [-0.2, 0) is 0 Å². The molecule has 8 heteroatoms. The van der Waals surface area contributed by atoms with Crippen molar-refractivity contribution in [3.05, 3.63) is 70.7 Å². The van der Waals surface area contributed by atoms with Gasteiger partial charge in [-0.2, -0.15) is 5.10 Å². The summed E-state index contributed by atoms with van der Waals surface area (Å²) in [7, 11) is 0. The van der Waals surface area contributed by atoms with Gasteiger partial charge in [0.05, 0.1) is 26.6 Å². The Morgan fingerprint density at radius 3 is 2.32 bits per heavy atom. The zero-order valence-electron chi connectivity index (χ0n) is 14.5. The number of carbonyl (C=O) groups is 1. The molecule has 4 aromatic rings. The van der Waals surface area contributed by atoms with E-state index in [4.69, 9.17) is 28.9 Å². The summed E-state index contributed by atoms with van der Waals surface area (Å²) in [5, 5.41) is 14.0. The van der Waals surface area contributed by atoms with Crippen molar-refractivity contribution in [1.82, 2.24) is 10.2 Å². The fraction of sp³-hybridized carbons (Fsp3) is 0. The molecule has 0 saturated heterocycles. The van der Waals surface area contributed by atoms with Crippen molar-refractivity contribution < 1.29 is 4.79 Å². The van der Waals surface area contributed by atoms with Gasteiger partial charge in [-0.1, -0.05) is 53.5 Å². The topological polar surface area (TPSA) is 95.8 Å². The van der Waals surface area contributed by atoms with Gasteiger partial charge in [-0.05, 0) is 41.5 Å². The van der Waals surface area contributed by atoms with Gasteiger partial charge in [0.2, 0.25) is 0 Å². The van der Waals surface area contributed by atoms with Gasteiger partial charge in [0.25, 0.3) is 0 Å². The number of urea groups is 1. The Labute approximate surface area is 170 Å². The summed E-state index contributed by atoms with van der Waals surface area (Å²) in [6.07, 6.45) is 0. The summed E-state index contributed by atoms with van der Waals surface area (Å²) in [4.78, 5) is 12.3. The Morgan fingerprint density at radius 2 is 1.61 bits per heavy atom. The second-order valence-electron chi connectivity index (χ2n) is 6.09. The van der Waals surface area contributed by atoms with Gasteiger partial charge in [0.15, 0.2) is 5.82 Å². The quantitative estimate of drug-likeness (QED) is 0.344. The van der Waals surface area contributed by atoms with Crippen LogP contribution in [0.4, 0.5) is 22.0 Å². The molecule has 0 aliphatic carbocycles. The fourth-order valence-corrected chi connectivity index (χ4v) is 3.46. The number of amides is 2. The summed E-state index contributed by atoms with van der Waals surface area (Å²) in [5.41, 5.74) is 9.75. The molecule has 1 heterocycles. The molecule has 0 saturated carbocycles. The number of nitrogens with two attached hydrogens (primary N) is 1. The maximum Gasteiger partial charge on any atom is 0.323 e. The van der Waals surface area contributed by atoms with Crippen molar-refractivity contribution in [2.45, 2.75) is 0 Å². The molecular formula is C20H15Cl2N5O. The van der Waals surface area contributed by atoms with Crippen molar-refractivity contribution in [3.63, 3.8) is 0 Å². The minimum Gasteiger partial charge on any atom is -0.382 e. The number of carbonyl (C=O) groups excluding carboxylic acids is 1. The van der Waals surface area contributed by atoms with Crippen molar-refractivity contribution in [2.75, 3.05) is 16.4 Å². The number of aromatic amines is 1. The number of hydrogen-bond acceptors (Lipinski definition) is 3. The lowest BCUT2D eigenvalue weighted by Crippen LogP contribution is -2.19. The van der Waals surface area contributed by atoms with E-state index < -0.39 is 6.03 Å². The van der Waals surface area contributed by atoms with E-state index in [0.29, 0.717) is 27.2 Å². The summed E-state index contributed by atoms with van der Waals surface area (Å²) < 4.78 is 0. The first kappa shape index (κ1) is 18.2. The first-order valence-electron chi connectivity index (χ1n) is 8.38. The predicted molar refractivity (Wildman–Crippen MR) is 115 cm³/mol. The Morgan fingerprint density at radius 1 is 0.929 bits per heavy atom. The largest absolute Gasteiger partial charge is 0.382 e. The Balaban J connectivity index is 1.53. The monoisotopic (exact) mass is 411 g/mol. The van der Waals surface area contributed by atoms with Crippen LogP contribution in [0.1, 0.15) is 0 Å². The third kappa shape index (κ3) is 3.47. The molecule has 0 bridgehead atoms. The highest BCUT2D eigenvalue weighted by Crippen LogP contribution is 2.32. The van der Waals surface area contributed by atoms with Gasteiger partial charge in [0.1, 0.15) is 0 Å². The number of aromatic nitrogens is 2. The number of fused-ring (bicyclic) bond motifs is 1. The van der Waals surface area contributed by atoms with Gasteiger partial charge in [-0.3, -0.25) is 5.10 Å². The number of benzene rings is 3. The van der Waals surface area contributed by atoms with E-state index in [1.54, 1.807) is 30.3 Å². The molecule has 0 aliphatic heterocycles. The highest BCUT2D eigenvalue weighted by atomic mass is 35.5. The van der Waals surface area contributed by atoms with Gasteiger partial charge in [-0.25, -0.2) is 4.79 Å². The number of para-hydroxylation sites is 1. The second-order valence-corrected chi connectivity index (χ2v) is 6.90. The van der Waals surface area contributed by atoms with Crippen molar-refractivity contribution in [3.8, 4) is 11.1 Å². The third-order valence-corrected chi connectivity index (χ3v) is 4.90. The lowest BCUT2D eigenvalue weighted by molar-refractivity contribution is 0.262. The molecule has 0 atom stereocenters. The number of nitrogens with zero attached hydrogens (tertiary/aromatic N) is 1. The zero-order valence-corrected chi connectivity index (χ0v) is 16.0. The van der Waals surface area contributed by atoms with E-state index in [0.717, 1.165) is 22.0 Å². The number of nitrogens with one attached hydrogen (secondary N) is 3. The average Bonchev–Trinajstić information content (AvgIpc) is 3.07. The van der Waals surface area contributed by atoms with Crippen LogP contribution in [-0.4, -0.2) is 16.2 Å². The summed E-state index contributed by atoms with van der Waals surface area (Å²) >= 11 is 12.1. The Bertz CT molecular complexity index is 1150. The predicted octanol–water partition coefficient (Wildman–Crippen LogP) is 5.76. The minimum absolute atomic E-state index is 0.363. The van der Waals surface area contributed by atoms with Crippen LogP contribution in [0, 0.1) is 0 Å². The maximum atomic E-state index is 12.3. The molecule has 28 heavy (non-hydrogen) atoms. The molecule has 2 amide bonds.